The van der Waals surface area contributed by atoms with Crippen molar-refractivity contribution in [2.45, 2.75) is 0 Å². The monoisotopic (exact) mass is 518 g/mol. The zero-order valence-corrected chi connectivity index (χ0v) is 21.8. The molecule has 0 atom stereocenters. The van der Waals surface area contributed by atoms with Gasteiger partial charge in [-0.15, -0.1) is 0 Å². The molecule has 8 rings (SSSR count). The third kappa shape index (κ3) is 3.29. The van der Waals surface area contributed by atoms with Crippen molar-refractivity contribution >= 4 is 55.2 Å². The largest absolute Gasteiger partial charge is 0.308 e. The summed E-state index contributed by atoms with van der Waals surface area (Å²) in [6.45, 7) is 0. The number of hydrogen-bond donors (Lipinski definition) is 0. The lowest BCUT2D eigenvalue weighted by molar-refractivity contribution is 1.14. The molecule has 8 aromatic rings. The lowest BCUT2D eigenvalue weighted by Gasteiger charge is -2.21. The van der Waals surface area contributed by atoms with Crippen LogP contribution in [0.4, 0.5) is 0 Å². The van der Waals surface area contributed by atoms with Gasteiger partial charge in [-0.3, -0.25) is 0 Å². The van der Waals surface area contributed by atoms with Crippen molar-refractivity contribution < 1.29 is 0 Å². The van der Waals surface area contributed by atoms with E-state index in [1.54, 1.807) is 0 Å². The number of aromatic nitrogens is 2. The Morgan fingerprint density at radius 1 is 0.385 bits per heavy atom. The van der Waals surface area contributed by atoms with Gasteiger partial charge in [0, 0.05) is 32.1 Å². The van der Waals surface area contributed by atoms with Crippen molar-refractivity contribution in [3.63, 3.8) is 0 Å². The third-order valence-electron chi connectivity index (χ3n) is 7.77. The highest BCUT2D eigenvalue weighted by Crippen LogP contribution is 2.43. The van der Waals surface area contributed by atoms with E-state index >= 15 is 0 Å². The zero-order chi connectivity index (χ0) is 25.9. The van der Waals surface area contributed by atoms with Gasteiger partial charge in [-0.25, -0.2) is 0 Å². The van der Waals surface area contributed by atoms with Crippen molar-refractivity contribution in [1.82, 2.24) is 9.13 Å². The second-order valence-electron chi connectivity index (χ2n) is 9.92. The molecule has 0 saturated heterocycles. The number of hydrogen-bond acceptors (Lipinski definition) is 0. The Morgan fingerprint density at radius 3 is 1.10 bits per heavy atom. The average Bonchev–Trinajstić information content (AvgIpc) is 3.50. The quantitative estimate of drug-likeness (QED) is 0.220. The topological polar surface area (TPSA) is 9.86 Å². The summed E-state index contributed by atoms with van der Waals surface area (Å²) in [7, 11) is 0. The fraction of sp³-hybridized carbons (Fsp3) is 0. The summed E-state index contributed by atoms with van der Waals surface area (Å²) >= 11 is 7.02. The lowest BCUT2D eigenvalue weighted by Crippen LogP contribution is -2.04. The molecule has 0 fully saturated rings. The van der Waals surface area contributed by atoms with Crippen molar-refractivity contribution in [2.24, 2.45) is 0 Å². The first-order valence-electron chi connectivity index (χ1n) is 13.2. The van der Waals surface area contributed by atoms with Crippen LogP contribution in [0.5, 0.6) is 0 Å². The van der Waals surface area contributed by atoms with Gasteiger partial charge in [0.15, 0.2) is 0 Å². The van der Waals surface area contributed by atoms with Gasteiger partial charge in [0.2, 0.25) is 0 Å². The van der Waals surface area contributed by atoms with Gasteiger partial charge >= 0.3 is 0 Å². The number of benzene rings is 6. The number of fused-ring (bicyclic) bond motifs is 6. The lowest BCUT2D eigenvalue weighted by atomic mass is 10.00. The summed E-state index contributed by atoms with van der Waals surface area (Å²) in [6.07, 6.45) is 0. The Balaban J connectivity index is 1.59. The highest BCUT2D eigenvalue weighted by molar-refractivity contribution is 6.31. The number of rotatable bonds is 3. The van der Waals surface area contributed by atoms with Crippen LogP contribution < -0.4 is 0 Å². The van der Waals surface area contributed by atoms with Crippen LogP contribution in [0, 0.1) is 0 Å². The predicted octanol–water partition coefficient (Wildman–Crippen LogP) is 10.2. The van der Waals surface area contributed by atoms with Gasteiger partial charge in [0.05, 0.1) is 33.4 Å². The second-order valence-corrected chi connectivity index (χ2v) is 10.4. The van der Waals surface area contributed by atoms with E-state index in [2.05, 4.69) is 149 Å². The minimum absolute atomic E-state index is 0.698. The maximum absolute atomic E-state index is 7.02. The fourth-order valence-corrected chi connectivity index (χ4v) is 6.40. The Kier molecular flexibility index (Phi) is 4.91. The predicted molar refractivity (Wildman–Crippen MR) is 166 cm³/mol. The normalized spacial score (nSPS) is 11.7. The van der Waals surface area contributed by atoms with E-state index in [1.165, 1.54) is 21.5 Å². The molecule has 184 valence electrons. The van der Waals surface area contributed by atoms with Crippen LogP contribution in [0.1, 0.15) is 0 Å². The van der Waals surface area contributed by atoms with E-state index in [0.29, 0.717) is 5.02 Å². The highest BCUT2D eigenvalue weighted by Gasteiger charge is 2.22. The molecule has 0 N–H and O–H groups in total. The van der Waals surface area contributed by atoms with Crippen LogP contribution in [0.25, 0.3) is 66.1 Å². The summed E-state index contributed by atoms with van der Waals surface area (Å²) in [4.78, 5) is 0. The molecule has 0 aliphatic rings. The van der Waals surface area contributed by atoms with Gasteiger partial charge in [-0.2, -0.15) is 0 Å². The SMILES string of the molecule is Clc1cc(-n2c3ccccc3c3ccccc32)c(-c2ccccc2)c(-n2c3ccccc3c3ccccc32)c1. The van der Waals surface area contributed by atoms with Gasteiger partial charge in [-0.05, 0) is 42.0 Å². The molecule has 0 saturated carbocycles. The van der Waals surface area contributed by atoms with Crippen LogP contribution in [0.15, 0.2) is 140 Å². The first-order chi connectivity index (χ1) is 19.3. The summed E-state index contributed by atoms with van der Waals surface area (Å²) in [5.41, 5.74) is 9.03. The smallest absolute Gasteiger partial charge is 0.0576 e. The van der Waals surface area contributed by atoms with Gasteiger partial charge < -0.3 is 9.13 Å². The molecule has 3 heteroatoms. The average molecular weight is 519 g/mol. The Bertz CT molecular complexity index is 1940. The Morgan fingerprint density at radius 2 is 0.718 bits per heavy atom. The molecule has 2 nitrogen and oxygen atoms in total. The van der Waals surface area contributed by atoms with Crippen molar-refractivity contribution in [1.29, 1.82) is 0 Å². The molecule has 0 unspecified atom stereocenters. The molecule has 0 spiro atoms. The fourth-order valence-electron chi connectivity index (χ4n) is 6.20. The van der Waals surface area contributed by atoms with Crippen LogP contribution in [-0.2, 0) is 0 Å². The molecular weight excluding hydrogens is 496 g/mol. The first kappa shape index (κ1) is 22.2. The molecule has 2 heterocycles. The van der Waals surface area contributed by atoms with Crippen molar-refractivity contribution in [2.75, 3.05) is 0 Å². The zero-order valence-electron chi connectivity index (χ0n) is 21.1. The Hall–Kier alpha value is -4.79. The van der Waals surface area contributed by atoms with Crippen molar-refractivity contribution in [3.8, 4) is 22.5 Å². The number of nitrogens with zero attached hydrogens (tertiary/aromatic N) is 2. The van der Waals surface area contributed by atoms with Crippen LogP contribution in [0.2, 0.25) is 5.02 Å². The number of para-hydroxylation sites is 4. The maximum Gasteiger partial charge on any atom is 0.0576 e. The minimum atomic E-state index is 0.698. The first-order valence-corrected chi connectivity index (χ1v) is 13.5. The second kappa shape index (κ2) is 8.62. The summed E-state index contributed by atoms with van der Waals surface area (Å²) < 4.78 is 4.74. The molecule has 6 aromatic carbocycles. The molecule has 0 aliphatic carbocycles. The van der Waals surface area contributed by atoms with E-state index in [1.807, 2.05) is 0 Å². The van der Waals surface area contributed by atoms with E-state index in [4.69, 9.17) is 11.6 Å². The number of halogens is 1. The standard InChI is InChI=1S/C36H23ClN2/c37-25-22-34(38-30-18-8-4-14-26(30)27-15-5-9-19-31(27)38)36(24-12-2-1-3-13-24)35(23-25)39-32-20-10-6-16-28(32)29-17-7-11-21-33(29)39/h1-23H. The van der Waals surface area contributed by atoms with Crippen molar-refractivity contribution in [3.05, 3.63) is 145 Å². The molecule has 0 bridgehead atoms. The van der Waals surface area contributed by atoms with E-state index in [-0.39, 0.29) is 0 Å². The minimum Gasteiger partial charge on any atom is -0.308 e. The van der Waals surface area contributed by atoms with Crippen LogP contribution in [0.3, 0.4) is 0 Å². The summed E-state index contributed by atoms with van der Waals surface area (Å²) in [6, 6.07) is 49.4. The van der Waals surface area contributed by atoms with Crippen LogP contribution >= 0.6 is 11.6 Å². The van der Waals surface area contributed by atoms with E-state index < -0.39 is 0 Å². The van der Waals surface area contributed by atoms with Gasteiger partial charge in [0.25, 0.3) is 0 Å². The van der Waals surface area contributed by atoms with Gasteiger partial charge in [-0.1, -0.05) is 115 Å². The molecule has 0 aliphatic heterocycles. The summed E-state index contributed by atoms with van der Waals surface area (Å²) in [5.74, 6) is 0. The Labute approximate surface area is 230 Å². The highest BCUT2D eigenvalue weighted by atomic mass is 35.5. The molecule has 0 amide bonds. The third-order valence-corrected chi connectivity index (χ3v) is 7.98. The van der Waals surface area contributed by atoms with Gasteiger partial charge in [0.1, 0.15) is 0 Å². The molecular formula is C36H23ClN2. The summed E-state index contributed by atoms with van der Waals surface area (Å²) in [5, 5.41) is 5.61. The van der Waals surface area contributed by atoms with E-state index in [9.17, 15) is 0 Å². The maximum atomic E-state index is 7.02. The molecule has 2 aromatic heterocycles. The van der Waals surface area contributed by atoms with Crippen LogP contribution in [-0.4, -0.2) is 9.13 Å². The van der Waals surface area contributed by atoms with E-state index in [0.717, 1.165) is 44.6 Å². The molecule has 0 radical (unpaired) electrons. The molecule has 39 heavy (non-hydrogen) atoms.